The number of fused-ring (bicyclic) bond motifs is 11. The Hall–Kier alpha value is -6.92. The number of rotatable bonds is 9. The molecule has 8 aromatic rings. The molecule has 18 rings (SSSR count). The number of benzene rings is 7. The highest BCUT2D eigenvalue weighted by Gasteiger charge is 2.62. The van der Waals surface area contributed by atoms with Crippen molar-refractivity contribution in [1.29, 1.82) is 0 Å². The monoisotopic (exact) mass is 1200 g/mol. The van der Waals surface area contributed by atoms with E-state index in [1.807, 2.05) is 0 Å². The van der Waals surface area contributed by atoms with Crippen molar-refractivity contribution in [2.75, 3.05) is 14.7 Å². The molecule has 6 aliphatic carbocycles. The average molecular weight is 1200 g/mol. The van der Waals surface area contributed by atoms with Gasteiger partial charge in [0.1, 0.15) is 17.1 Å². The fourth-order valence-electron chi connectivity index (χ4n) is 21.2. The van der Waals surface area contributed by atoms with E-state index in [0.29, 0.717) is 17.8 Å². The Morgan fingerprint density at radius 2 is 1.12 bits per heavy atom. The van der Waals surface area contributed by atoms with Gasteiger partial charge in [-0.2, -0.15) is 0 Å². The van der Waals surface area contributed by atoms with Crippen LogP contribution in [0.3, 0.4) is 0 Å². The molecule has 0 spiro atoms. The van der Waals surface area contributed by atoms with Crippen molar-refractivity contribution in [3.05, 3.63) is 179 Å². The van der Waals surface area contributed by atoms with Crippen molar-refractivity contribution in [2.45, 2.75) is 230 Å². The maximum absolute atomic E-state index is 8.04. The van der Waals surface area contributed by atoms with Gasteiger partial charge in [0.25, 0.3) is 6.71 Å². The van der Waals surface area contributed by atoms with Crippen LogP contribution in [-0.4, -0.2) is 17.9 Å². The first kappa shape index (κ1) is 57.9. The number of hydrogen-bond donors (Lipinski definition) is 0. The number of furan rings is 1. The predicted octanol–water partition coefficient (Wildman–Crippen LogP) is 21.6. The van der Waals surface area contributed by atoms with Crippen molar-refractivity contribution in [1.82, 2.24) is 0 Å². The van der Waals surface area contributed by atoms with Gasteiger partial charge in [-0.3, -0.25) is 4.90 Å². The molecule has 6 heteroatoms. The summed E-state index contributed by atoms with van der Waals surface area (Å²) >= 11 is 0. The molecule has 0 saturated heterocycles. The molecular weight excluding hydrogens is 1110 g/mol. The van der Waals surface area contributed by atoms with Crippen molar-refractivity contribution in [3.63, 3.8) is 0 Å². The van der Waals surface area contributed by atoms with E-state index >= 15 is 0 Å². The lowest BCUT2D eigenvalue weighted by molar-refractivity contribution is -0.0148. The quantitative estimate of drug-likeness (QED) is 0.135. The highest BCUT2D eigenvalue weighted by atomic mass is 16.5. The van der Waals surface area contributed by atoms with E-state index < -0.39 is 0 Å². The minimum absolute atomic E-state index is 0.0447. The van der Waals surface area contributed by atoms with Gasteiger partial charge in [0.15, 0.2) is 5.88 Å². The van der Waals surface area contributed by atoms with Gasteiger partial charge in [0.2, 0.25) is 0 Å². The van der Waals surface area contributed by atoms with Gasteiger partial charge in [0, 0.05) is 61.5 Å². The van der Waals surface area contributed by atoms with Gasteiger partial charge in [-0.1, -0.05) is 174 Å². The molecule has 4 atom stereocenters. The summed E-state index contributed by atoms with van der Waals surface area (Å²) in [6, 6.07) is 55.9. The first-order chi connectivity index (χ1) is 43.6. The van der Waals surface area contributed by atoms with Crippen LogP contribution in [0.5, 0.6) is 5.75 Å². The molecule has 0 amide bonds. The lowest BCUT2D eigenvalue weighted by Gasteiger charge is -2.55. The summed E-state index contributed by atoms with van der Waals surface area (Å²) < 4.78 is 16.0. The summed E-state index contributed by atoms with van der Waals surface area (Å²) in [6.45, 7) is 31.5. The molecule has 4 aliphatic heterocycles. The molecule has 0 radical (unpaired) electrons. The number of anilines is 8. The van der Waals surface area contributed by atoms with Crippen molar-refractivity contribution in [2.24, 2.45) is 17.8 Å². The zero-order chi connectivity index (χ0) is 62.6. The lowest BCUT2D eigenvalue weighted by Crippen LogP contribution is -2.61. The fraction of sp³-hybridized carbons (Fsp3) is 0.459. The van der Waals surface area contributed by atoms with E-state index in [1.165, 1.54) is 176 Å². The second-order valence-electron chi connectivity index (χ2n) is 33.4. The van der Waals surface area contributed by atoms with E-state index in [4.69, 9.17) is 9.15 Å². The Kier molecular flexibility index (Phi) is 12.8. The first-order valence-electron chi connectivity index (χ1n) is 35.8. The van der Waals surface area contributed by atoms with Gasteiger partial charge in [-0.05, 0) is 247 Å². The standard InChI is InChI=1S/C85H96BN3O2/c1-51(2)59-41-63(52(3)4)75(64(42-59)53(5)6)58-28-31-70-67(43-58)81(10)34-20-22-36-83(81,12)89(70)62-45-72-76-73(46-62)88(69-32-29-60(80(7,8)9)44-65(69)57-24-16-14-17-25-57)71-33-30-66-78(91-84(13)37-23-21-35-82(66,84)11)77(71)86(76)68-47-74(90-79(68)87(72)61-26-18-15-19-27-61)85-48-54-38-55(49-85)40-56(39-54)50-85/h14-19,24-33,41-47,51-56H,20-23,34-40,48-50H2,1-13H3. The third-order valence-electron chi connectivity index (χ3n) is 26.1. The number of hydrogen-bond acceptors (Lipinski definition) is 5. The van der Waals surface area contributed by atoms with Crippen LogP contribution in [-0.2, 0) is 21.7 Å². The van der Waals surface area contributed by atoms with Crippen LogP contribution in [0.25, 0.3) is 22.3 Å². The van der Waals surface area contributed by atoms with Gasteiger partial charge < -0.3 is 19.0 Å². The van der Waals surface area contributed by atoms with E-state index in [1.54, 1.807) is 0 Å². The Morgan fingerprint density at radius 1 is 0.516 bits per heavy atom. The highest BCUT2D eigenvalue weighted by Crippen LogP contribution is 2.66. The third kappa shape index (κ3) is 8.20. The molecule has 6 fully saturated rings. The maximum Gasteiger partial charge on any atom is 0.261 e. The van der Waals surface area contributed by atoms with Crippen LogP contribution < -0.4 is 35.8 Å². The molecule has 5 heterocycles. The van der Waals surface area contributed by atoms with Crippen LogP contribution in [0.15, 0.2) is 144 Å². The molecule has 7 aromatic carbocycles. The smallest absolute Gasteiger partial charge is 0.261 e. The third-order valence-corrected chi connectivity index (χ3v) is 26.1. The van der Waals surface area contributed by atoms with Crippen molar-refractivity contribution < 1.29 is 9.15 Å². The van der Waals surface area contributed by atoms with Crippen LogP contribution in [0.2, 0.25) is 0 Å². The second-order valence-corrected chi connectivity index (χ2v) is 33.4. The van der Waals surface area contributed by atoms with Crippen LogP contribution >= 0.6 is 0 Å². The molecule has 0 N–H and O–H groups in total. The Labute approximate surface area is 544 Å². The van der Waals surface area contributed by atoms with Gasteiger partial charge in [0.05, 0.1) is 11.2 Å². The highest BCUT2D eigenvalue weighted by molar-refractivity contribution is 7.01. The molecule has 5 nitrogen and oxygen atoms in total. The zero-order valence-corrected chi connectivity index (χ0v) is 56.9. The summed E-state index contributed by atoms with van der Waals surface area (Å²) in [5.74, 6) is 6.91. The molecule has 4 unspecified atom stereocenters. The molecular formula is C85H96BN3O2. The fourth-order valence-corrected chi connectivity index (χ4v) is 21.2. The molecule has 10 aliphatic rings. The Bertz CT molecular complexity index is 4210. The molecule has 1 aromatic heterocycles. The van der Waals surface area contributed by atoms with Crippen LogP contribution in [0, 0.1) is 17.8 Å². The summed E-state index contributed by atoms with van der Waals surface area (Å²) in [4.78, 5) is 8.20. The Balaban J connectivity index is 0.976. The van der Waals surface area contributed by atoms with Crippen LogP contribution in [0.4, 0.5) is 45.7 Å². The summed E-state index contributed by atoms with van der Waals surface area (Å²) in [7, 11) is 0. The first-order valence-corrected chi connectivity index (χ1v) is 35.8. The number of ether oxygens (including phenoxy) is 1. The minimum Gasteiger partial charge on any atom is -0.487 e. The summed E-state index contributed by atoms with van der Waals surface area (Å²) in [6.07, 6.45) is 17.1. The normalized spacial score (nSPS) is 28.1. The van der Waals surface area contributed by atoms with E-state index in [2.05, 4.69) is 244 Å². The summed E-state index contributed by atoms with van der Waals surface area (Å²) in [5.41, 5.74) is 25.5. The van der Waals surface area contributed by atoms with E-state index in [9.17, 15) is 0 Å². The average Bonchev–Trinajstić information content (AvgIpc) is 1.62. The van der Waals surface area contributed by atoms with Gasteiger partial charge in [-0.25, -0.2) is 0 Å². The summed E-state index contributed by atoms with van der Waals surface area (Å²) in [5, 5.41) is 0. The van der Waals surface area contributed by atoms with E-state index in [0.717, 1.165) is 60.8 Å². The van der Waals surface area contributed by atoms with Gasteiger partial charge in [-0.15, -0.1) is 0 Å². The molecule has 4 bridgehead atoms. The Morgan fingerprint density at radius 3 is 1.77 bits per heavy atom. The molecule has 91 heavy (non-hydrogen) atoms. The van der Waals surface area contributed by atoms with Gasteiger partial charge >= 0.3 is 0 Å². The topological polar surface area (TPSA) is 32.1 Å². The lowest BCUT2D eigenvalue weighted by atomic mass is 9.33. The number of para-hydroxylation sites is 1. The predicted molar refractivity (Wildman–Crippen MR) is 382 cm³/mol. The van der Waals surface area contributed by atoms with Crippen molar-refractivity contribution >= 4 is 68.8 Å². The van der Waals surface area contributed by atoms with Crippen molar-refractivity contribution in [3.8, 4) is 28.0 Å². The zero-order valence-electron chi connectivity index (χ0n) is 56.9. The SMILES string of the molecule is CC(C)c1cc(C(C)C)c(-c2ccc3c(c2)C2(C)CCCCC2(C)N3c2cc3c4c(c2)N(c2ccccc2)c2oc(C56CC7CC(CC(C7)C5)C6)cc2B4c2c(ccc4c2OC2(C)CCCCC42C)N3c2ccc(C(C)(C)C)cc2-c2ccccc2)c(C(C)C)c1. The maximum atomic E-state index is 8.04. The second kappa shape index (κ2) is 20.1. The molecule has 6 saturated carbocycles. The minimum atomic E-state index is -0.326. The largest absolute Gasteiger partial charge is 0.487 e. The number of nitrogens with zero attached hydrogens (tertiary/aromatic N) is 3. The van der Waals surface area contributed by atoms with E-state index in [-0.39, 0.29) is 39.5 Å². The van der Waals surface area contributed by atoms with Crippen LogP contribution in [0.1, 0.15) is 237 Å². The molecule has 466 valence electrons.